The summed E-state index contributed by atoms with van der Waals surface area (Å²) in [5.41, 5.74) is 2.65. The first-order chi connectivity index (χ1) is 13.6. The fourth-order valence-corrected chi connectivity index (χ4v) is 4.11. The van der Waals surface area contributed by atoms with E-state index in [0.29, 0.717) is 36.8 Å². The summed E-state index contributed by atoms with van der Waals surface area (Å²) in [6.45, 7) is 6.60. The van der Waals surface area contributed by atoms with Gasteiger partial charge < -0.3 is 15.4 Å². The van der Waals surface area contributed by atoms with Crippen LogP contribution in [0.2, 0.25) is 0 Å². The van der Waals surface area contributed by atoms with E-state index in [1.54, 1.807) is 6.92 Å². The number of nitrogens with one attached hydrogen (secondary N) is 2. The molecule has 2 aliphatic rings. The number of carbonyl (C=O) groups is 2. The molecule has 2 aliphatic heterocycles. The van der Waals surface area contributed by atoms with Crippen molar-refractivity contribution < 1.29 is 14.3 Å². The average molecular weight is 386 g/mol. The summed E-state index contributed by atoms with van der Waals surface area (Å²) in [6, 6.07) is 10.1. The van der Waals surface area contributed by atoms with Crippen LogP contribution in [0.1, 0.15) is 38.7 Å². The van der Waals surface area contributed by atoms with Gasteiger partial charge in [-0.2, -0.15) is 0 Å². The van der Waals surface area contributed by atoms with Crippen molar-refractivity contribution in [2.45, 2.75) is 45.6 Å². The molecule has 1 atom stereocenters. The van der Waals surface area contributed by atoms with Crippen molar-refractivity contribution in [1.29, 1.82) is 0 Å². The average Bonchev–Trinajstić information content (AvgIpc) is 2.70. The molecule has 1 fully saturated rings. The Bertz CT molecular complexity index is 709. The normalized spacial score (nSPS) is 21.2. The van der Waals surface area contributed by atoms with E-state index in [1.165, 1.54) is 5.56 Å². The van der Waals surface area contributed by atoms with E-state index in [2.05, 4.69) is 45.9 Å². The van der Waals surface area contributed by atoms with Gasteiger partial charge in [0, 0.05) is 12.2 Å². The van der Waals surface area contributed by atoms with Crippen LogP contribution in [0, 0.1) is 5.92 Å². The third kappa shape index (κ3) is 5.13. The first-order valence-electron chi connectivity index (χ1n) is 10.3. The quantitative estimate of drug-likeness (QED) is 0.708. The fourth-order valence-electron chi connectivity index (χ4n) is 4.11. The molecule has 0 radical (unpaired) electrons. The number of likely N-dealkylation sites (tertiary alicyclic amines) is 1. The number of piperidine rings is 1. The van der Waals surface area contributed by atoms with Gasteiger partial charge >= 0.3 is 12.0 Å². The summed E-state index contributed by atoms with van der Waals surface area (Å²) in [4.78, 5) is 26.9. The predicted molar refractivity (Wildman–Crippen MR) is 109 cm³/mol. The van der Waals surface area contributed by atoms with E-state index in [-0.39, 0.29) is 18.0 Å². The SMILES string of the molecule is CCOC(=O)C1=C(CN2CCC(Cc3ccccc3)CC2)NC(=O)N[C@H]1CC. The molecule has 0 saturated carbocycles. The molecule has 1 aromatic rings. The lowest BCUT2D eigenvalue weighted by Crippen LogP contribution is -2.52. The standard InChI is InChI=1S/C22H31N3O3/c1-3-18-20(21(26)28-4-2)19(24-22(27)23-18)15-25-12-10-17(11-13-25)14-16-8-6-5-7-9-16/h5-9,17-18H,3-4,10-15H2,1-2H3,(H2,23,24,27)/t18-/m0/s1. The summed E-state index contributed by atoms with van der Waals surface area (Å²) in [5.74, 6) is 0.346. The predicted octanol–water partition coefficient (Wildman–Crippen LogP) is 2.85. The highest BCUT2D eigenvalue weighted by molar-refractivity contribution is 5.94. The van der Waals surface area contributed by atoms with Gasteiger partial charge in [-0.25, -0.2) is 9.59 Å². The van der Waals surface area contributed by atoms with Gasteiger partial charge in [0.1, 0.15) is 0 Å². The number of hydrogen-bond donors (Lipinski definition) is 2. The van der Waals surface area contributed by atoms with Crippen molar-refractivity contribution in [3.05, 3.63) is 47.2 Å². The Morgan fingerprint density at radius 3 is 2.54 bits per heavy atom. The van der Waals surface area contributed by atoms with E-state index < -0.39 is 0 Å². The number of esters is 1. The molecule has 0 unspecified atom stereocenters. The molecule has 2 N–H and O–H groups in total. The number of hydrogen-bond acceptors (Lipinski definition) is 4. The van der Waals surface area contributed by atoms with Crippen LogP contribution in [0.4, 0.5) is 4.79 Å². The minimum Gasteiger partial charge on any atom is -0.463 e. The van der Waals surface area contributed by atoms with Gasteiger partial charge in [0.15, 0.2) is 0 Å². The molecule has 3 rings (SSSR count). The van der Waals surface area contributed by atoms with Gasteiger partial charge in [-0.05, 0) is 57.2 Å². The molecule has 0 aromatic heterocycles. The Morgan fingerprint density at radius 2 is 1.89 bits per heavy atom. The minimum absolute atomic E-state index is 0.242. The van der Waals surface area contributed by atoms with Crippen LogP contribution >= 0.6 is 0 Å². The third-order valence-corrected chi connectivity index (χ3v) is 5.60. The topological polar surface area (TPSA) is 70.7 Å². The van der Waals surface area contributed by atoms with Crippen molar-refractivity contribution in [3.8, 4) is 0 Å². The Labute approximate surface area is 167 Å². The van der Waals surface area contributed by atoms with Crippen molar-refractivity contribution >= 4 is 12.0 Å². The van der Waals surface area contributed by atoms with Crippen LogP contribution in [-0.2, 0) is 16.0 Å². The van der Waals surface area contributed by atoms with Crippen LogP contribution < -0.4 is 10.6 Å². The summed E-state index contributed by atoms with van der Waals surface area (Å²) < 4.78 is 5.24. The maximum absolute atomic E-state index is 12.5. The molecular weight excluding hydrogens is 354 g/mol. The van der Waals surface area contributed by atoms with Crippen molar-refractivity contribution in [3.63, 3.8) is 0 Å². The van der Waals surface area contributed by atoms with Gasteiger partial charge in [-0.3, -0.25) is 4.90 Å². The van der Waals surface area contributed by atoms with Crippen molar-refractivity contribution in [2.75, 3.05) is 26.2 Å². The minimum atomic E-state index is -0.337. The number of urea groups is 1. The molecule has 2 heterocycles. The molecule has 1 aromatic carbocycles. The highest BCUT2D eigenvalue weighted by atomic mass is 16.5. The molecular formula is C22H31N3O3. The zero-order chi connectivity index (χ0) is 19.9. The van der Waals surface area contributed by atoms with Gasteiger partial charge in [0.2, 0.25) is 0 Å². The van der Waals surface area contributed by atoms with Gasteiger partial charge in [0.05, 0.1) is 18.2 Å². The van der Waals surface area contributed by atoms with Crippen molar-refractivity contribution in [1.82, 2.24) is 15.5 Å². The van der Waals surface area contributed by atoms with Gasteiger partial charge in [-0.1, -0.05) is 37.3 Å². The van der Waals surface area contributed by atoms with Crippen LogP contribution in [0.3, 0.4) is 0 Å². The van der Waals surface area contributed by atoms with E-state index in [1.807, 2.05) is 6.92 Å². The van der Waals surface area contributed by atoms with Crippen LogP contribution in [0.25, 0.3) is 0 Å². The Hall–Kier alpha value is -2.34. The molecule has 1 saturated heterocycles. The molecule has 0 spiro atoms. The molecule has 6 nitrogen and oxygen atoms in total. The maximum Gasteiger partial charge on any atom is 0.337 e. The second-order valence-electron chi connectivity index (χ2n) is 7.58. The van der Waals surface area contributed by atoms with Crippen LogP contribution in [-0.4, -0.2) is 49.2 Å². The monoisotopic (exact) mass is 385 g/mol. The highest BCUT2D eigenvalue weighted by Gasteiger charge is 2.32. The maximum atomic E-state index is 12.5. The molecule has 0 aliphatic carbocycles. The highest BCUT2D eigenvalue weighted by Crippen LogP contribution is 2.24. The summed E-state index contributed by atoms with van der Waals surface area (Å²) in [6.07, 6.45) is 4.02. The van der Waals surface area contributed by atoms with Crippen LogP contribution in [0.5, 0.6) is 0 Å². The Kier molecular flexibility index (Phi) is 7.09. The van der Waals surface area contributed by atoms with E-state index >= 15 is 0 Å². The van der Waals surface area contributed by atoms with E-state index in [0.717, 1.165) is 32.4 Å². The Balaban J connectivity index is 1.63. The molecule has 2 amide bonds. The van der Waals surface area contributed by atoms with E-state index in [4.69, 9.17) is 4.74 Å². The Morgan fingerprint density at radius 1 is 1.18 bits per heavy atom. The number of carbonyl (C=O) groups excluding carboxylic acids is 2. The lowest BCUT2D eigenvalue weighted by Gasteiger charge is -2.35. The first-order valence-corrected chi connectivity index (χ1v) is 10.3. The molecule has 152 valence electrons. The zero-order valence-corrected chi connectivity index (χ0v) is 16.9. The smallest absolute Gasteiger partial charge is 0.337 e. The largest absolute Gasteiger partial charge is 0.463 e. The van der Waals surface area contributed by atoms with Crippen molar-refractivity contribution in [2.24, 2.45) is 5.92 Å². The number of rotatable bonds is 7. The number of benzene rings is 1. The van der Waals surface area contributed by atoms with E-state index in [9.17, 15) is 9.59 Å². The van der Waals surface area contributed by atoms with Gasteiger partial charge in [0.25, 0.3) is 0 Å². The summed E-state index contributed by atoms with van der Waals surface area (Å²) in [5, 5.41) is 5.69. The third-order valence-electron chi connectivity index (χ3n) is 5.60. The second kappa shape index (κ2) is 9.73. The first kappa shape index (κ1) is 20.4. The fraction of sp³-hybridized carbons (Fsp3) is 0.545. The number of amides is 2. The summed E-state index contributed by atoms with van der Waals surface area (Å²) in [7, 11) is 0. The lowest BCUT2D eigenvalue weighted by atomic mass is 9.90. The number of ether oxygens (including phenoxy) is 1. The molecule has 6 heteroatoms. The second-order valence-corrected chi connectivity index (χ2v) is 7.58. The molecule has 0 bridgehead atoms. The lowest BCUT2D eigenvalue weighted by molar-refractivity contribution is -0.139. The zero-order valence-electron chi connectivity index (χ0n) is 16.9. The number of nitrogens with zero attached hydrogens (tertiary/aromatic N) is 1. The molecule has 28 heavy (non-hydrogen) atoms. The van der Waals surface area contributed by atoms with Crippen LogP contribution in [0.15, 0.2) is 41.6 Å². The van der Waals surface area contributed by atoms with Gasteiger partial charge in [-0.15, -0.1) is 0 Å². The summed E-state index contributed by atoms with van der Waals surface area (Å²) >= 11 is 0.